The summed E-state index contributed by atoms with van der Waals surface area (Å²) in [7, 11) is 0. The Bertz CT molecular complexity index is 971. The van der Waals surface area contributed by atoms with E-state index >= 15 is 0 Å². The third-order valence-electron chi connectivity index (χ3n) is 5.94. The first kappa shape index (κ1) is 18.8. The molecule has 5 rings (SSSR count). The van der Waals surface area contributed by atoms with Gasteiger partial charge in [0, 0.05) is 37.8 Å². The molecular weight excluding hydrogens is 382 g/mol. The molecular formula is C23H25N3O4. The highest BCUT2D eigenvalue weighted by Gasteiger charge is 2.36. The zero-order chi connectivity index (χ0) is 20.5. The zero-order valence-electron chi connectivity index (χ0n) is 16.8. The van der Waals surface area contributed by atoms with E-state index in [0.717, 1.165) is 30.2 Å². The van der Waals surface area contributed by atoms with Gasteiger partial charge in [0.2, 0.25) is 11.8 Å². The largest absolute Gasteiger partial charge is 0.486 e. The molecule has 3 heterocycles. The van der Waals surface area contributed by atoms with Gasteiger partial charge in [-0.2, -0.15) is 0 Å². The van der Waals surface area contributed by atoms with Gasteiger partial charge in [-0.15, -0.1) is 0 Å². The summed E-state index contributed by atoms with van der Waals surface area (Å²) in [5, 5.41) is 3.07. The molecule has 1 atom stereocenters. The van der Waals surface area contributed by atoms with Gasteiger partial charge in [0.05, 0.1) is 17.3 Å². The maximum absolute atomic E-state index is 13.0. The molecule has 2 amide bonds. The first-order chi connectivity index (χ1) is 14.7. The Balaban J connectivity index is 1.30. The number of hydrogen-bond acceptors (Lipinski definition) is 5. The van der Waals surface area contributed by atoms with Crippen LogP contribution in [-0.2, 0) is 9.59 Å². The zero-order valence-corrected chi connectivity index (χ0v) is 16.8. The summed E-state index contributed by atoms with van der Waals surface area (Å²) in [6.07, 6.45) is 2.54. The molecule has 0 aromatic heterocycles. The summed E-state index contributed by atoms with van der Waals surface area (Å²) in [6.45, 7) is 3.39. The minimum absolute atomic E-state index is 0.0559. The smallest absolute Gasteiger partial charge is 0.229 e. The molecule has 0 aliphatic carbocycles. The van der Waals surface area contributed by atoms with Crippen molar-refractivity contribution in [1.29, 1.82) is 0 Å². The number of ether oxygens (including phenoxy) is 2. The number of nitrogens with one attached hydrogen (secondary N) is 1. The van der Waals surface area contributed by atoms with Crippen LogP contribution in [0, 0.1) is 5.92 Å². The maximum Gasteiger partial charge on any atom is 0.229 e. The van der Waals surface area contributed by atoms with Gasteiger partial charge < -0.3 is 24.6 Å². The molecule has 7 heteroatoms. The monoisotopic (exact) mass is 407 g/mol. The third-order valence-corrected chi connectivity index (χ3v) is 5.94. The molecule has 2 saturated heterocycles. The number of carbonyl (C=O) groups is 2. The summed E-state index contributed by atoms with van der Waals surface area (Å²) < 4.78 is 11.2. The van der Waals surface area contributed by atoms with E-state index in [1.165, 1.54) is 12.8 Å². The van der Waals surface area contributed by atoms with Gasteiger partial charge in [-0.05, 0) is 37.1 Å². The lowest BCUT2D eigenvalue weighted by Crippen LogP contribution is -2.29. The molecule has 0 saturated carbocycles. The highest BCUT2D eigenvalue weighted by Crippen LogP contribution is 2.36. The Morgan fingerprint density at radius 3 is 2.60 bits per heavy atom. The molecule has 156 valence electrons. The van der Waals surface area contributed by atoms with Crippen molar-refractivity contribution >= 4 is 28.9 Å². The average Bonchev–Trinajstić information content (AvgIpc) is 3.44. The van der Waals surface area contributed by atoms with E-state index in [4.69, 9.17) is 9.47 Å². The third kappa shape index (κ3) is 3.56. The second kappa shape index (κ2) is 7.89. The van der Waals surface area contributed by atoms with Crippen LogP contribution in [0.4, 0.5) is 17.1 Å². The van der Waals surface area contributed by atoms with Crippen molar-refractivity contribution in [2.75, 3.05) is 48.0 Å². The Kier molecular flexibility index (Phi) is 4.94. The van der Waals surface area contributed by atoms with Crippen molar-refractivity contribution in [1.82, 2.24) is 0 Å². The number of rotatable bonds is 4. The molecule has 3 aliphatic heterocycles. The van der Waals surface area contributed by atoms with E-state index in [1.807, 2.05) is 42.5 Å². The van der Waals surface area contributed by atoms with E-state index in [2.05, 4.69) is 10.2 Å². The fraction of sp³-hybridized carbons (Fsp3) is 0.391. The van der Waals surface area contributed by atoms with Crippen LogP contribution < -0.4 is 24.6 Å². The van der Waals surface area contributed by atoms with E-state index < -0.39 is 5.92 Å². The molecule has 2 fully saturated rings. The van der Waals surface area contributed by atoms with Gasteiger partial charge in [-0.3, -0.25) is 9.59 Å². The van der Waals surface area contributed by atoms with Gasteiger partial charge in [-0.1, -0.05) is 12.1 Å². The molecule has 30 heavy (non-hydrogen) atoms. The van der Waals surface area contributed by atoms with Crippen LogP contribution in [-0.4, -0.2) is 44.7 Å². The first-order valence-corrected chi connectivity index (χ1v) is 10.5. The van der Waals surface area contributed by atoms with Crippen molar-refractivity contribution in [3.8, 4) is 11.5 Å². The lowest BCUT2D eigenvalue weighted by atomic mass is 10.1. The Labute approximate surface area is 175 Å². The number of hydrogen-bond donors (Lipinski definition) is 1. The Hall–Kier alpha value is -3.22. The lowest BCUT2D eigenvalue weighted by molar-refractivity contribution is -0.122. The van der Waals surface area contributed by atoms with Crippen molar-refractivity contribution in [3.05, 3.63) is 42.5 Å². The van der Waals surface area contributed by atoms with E-state index in [9.17, 15) is 9.59 Å². The van der Waals surface area contributed by atoms with Crippen LogP contribution in [0.25, 0.3) is 0 Å². The summed E-state index contributed by atoms with van der Waals surface area (Å²) >= 11 is 0. The summed E-state index contributed by atoms with van der Waals surface area (Å²) in [4.78, 5) is 29.6. The molecule has 0 spiro atoms. The minimum atomic E-state index is -0.391. The van der Waals surface area contributed by atoms with Crippen LogP contribution in [0.5, 0.6) is 11.5 Å². The Morgan fingerprint density at radius 2 is 1.77 bits per heavy atom. The normalized spacial score (nSPS) is 20.5. The topological polar surface area (TPSA) is 71.1 Å². The van der Waals surface area contributed by atoms with Crippen LogP contribution in [0.2, 0.25) is 0 Å². The molecule has 3 aliphatic rings. The molecule has 1 unspecified atom stereocenters. The number of fused-ring (bicyclic) bond motifs is 1. The van der Waals surface area contributed by atoms with E-state index in [1.54, 1.807) is 4.90 Å². The first-order valence-electron chi connectivity index (χ1n) is 10.5. The Morgan fingerprint density at radius 1 is 1.00 bits per heavy atom. The molecule has 2 aromatic carbocycles. The van der Waals surface area contributed by atoms with Gasteiger partial charge >= 0.3 is 0 Å². The van der Waals surface area contributed by atoms with Crippen LogP contribution >= 0.6 is 0 Å². The van der Waals surface area contributed by atoms with Crippen LogP contribution in [0.3, 0.4) is 0 Å². The number of benzene rings is 2. The minimum Gasteiger partial charge on any atom is -0.486 e. The average molecular weight is 407 g/mol. The van der Waals surface area contributed by atoms with Crippen molar-refractivity contribution in [2.45, 2.75) is 19.3 Å². The van der Waals surface area contributed by atoms with Crippen molar-refractivity contribution in [2.24, 2.45) is 5.92 Å². The SMILES string of the molecule is O=C(Nc1ccccc1N1CCCC1)C1CC(=O)N(c2ccc3c(c2)OCCO3)C1. The highest BCUT2D eigenvalue weighted by molar-refractivity contribution is 6.04. The quantitative estimate of drug-likeness (QED) is 0.844. The summed E-state index contributed by atoms with van der Waals surface area (Å²) in [5.74, 6) is 0.760. The molecule has 0 bridgehead atoms. The van der Waals surface area contributed by atoms with E-state index in [0.29, 0.717) is 31.3 Å². The molecule has 2 aromatic rings. The predicted octanol–water partition coefficient (Wildman–Crippen LogP) is 3.05. The number of para-hydroxylation sites is 2. The molecule has 0 radical (unpaired) electrons. The van der Waals surface area contributed by atoms with Crippen molar-refractivity contribution < 1.29 is 19.1 Å². The van der Waals surface area contributed by atoms with Gasteiger partial charge in [-0.25, -0.2) is 0 Å². The second-order valence-electron chi connectivity index (χ2n) is 7.93. The second-order valence-corrected chi connectivity index (χ2v) is 7.93. The molecule has 1 N–H and O–H groups in total. The van der Waals surface area contributed by atoms with Gasteiger partial charge in [0.15, 0.2) is 11.5 Å². The predicted molar refractivity (Wildman–Crippen MR) is 114 cm³/mol. The number of amides is 2. The maximum atomic E-state index is 13.0. The fourth-order valence-corrected chi connectivity index (χ4v) is 4.38. The number of carbonyl (C=O) groups excluding carboxylic acids is 2. The van der Waals surface area contributed by atoms with Gasteiger partial charge in [0.25, 0.3) is 0 Å². The highest BCUT2D eigenvalue weighted by atomic mass is 16.6. The van der Waals surface area contributed by atoms with E-state index in [-0.39, 0.29) is 18.2 Å². The van der Waals surface area contributed by atoms with Crippen LogP contribution in [0.15, 0.2) is 42.5 Å². The summed E-state index contributed by atoms with van der Waals surface area (Å²) in [6, 6.07) is 13.4. The number of anilines is 3. The number of nitrogens with zero attached hydrogens (tertiary/aromatic N) is 2. The molecule has 7 nitrogen and oxygen atoms in total. The fourth-order valence-electron chi connectivity index (χ4n) is 4.38. The lowest BCUT2D eigenvalue weighted by Gasteiger charge is -2.23. The van der Waals surface area contributed by atoms with Gasteiger partial charge in [0.1, 0.15) is 13.2 Å². The summed E-state index contributed by atoms with van der Waals surface area (Å²) in [5.41, 5.74) is 2.60. The van der Waals surface area contributed by atoms with Crippen LogP contribution in [0.1, 0.15) is 19.3 Å². The standard InChI is InChI=1S/C23H25N3O4/c27-22-13-16(15-26(22)17-7-8-20-21(14-17)30-12-11-29-20)23(28)24-18-5-1-2-6-19(18)25-9-3-4-10-25/h1-2,5-8,14,16H,3-4,9-13,15H2,(H,24,28). The van der Waals surface area contributed by atoms with Crippen molar-refractivity contribution in [3.63, 3.8) is 0 Å².